The van der Waals surface area contributed by atoms with Crippen molar-refractivity contribution in [1.29, 1.82) is 0 Å². The molecule has 25 heavy (non-hydrogen) atoms. The Balaban J connectivity index is 1.89. The Hall–Kier alpha value is -1.66. The molecule has 0 unspecified atom stereocenters. The van der Waals surface area contributed by atoms with Crippen LogP contribution in [0.4, 0.5) is 4.39 Å². The number of fused-ring (bicyclic) bond motifs is 1. The monoisotopic (exact) mass is 360 g/mol. The first-order valence-corrected chi connectivity index (χ1v) is 9.63. The Bertz CT molecular complexity index is 1060. The van der Waals surface area contributed by atoms with Crippen LogP contribution >= 0.6 is 22.7 Å². The zero-order chi connectivity index (χ0) is 17.4. The summed E-state index contributed by atoms with van der Waals surface area (Å²) in [4.78, 5) is 12.2. The van der Waals surface area contributed by atoms with Gasteiger partial charge in [-0.25, -0.2) is 4.39 Å². The number of nitrogens with zero attached hydrogens (tertiary/aromatic N) is 2. The molecular weight excluding hydrogens is 348 g/mol. The second kappa shape index (κ2) is 6.92. The molecule has 0 saturated carbocycles. The molecule has 0 atom stereocenters. The molecule has 0 bridgehead atoms. The molecule has 4 radical (unpaired) electrons. The molecule has 1 aromatic carbocycles. The van der Waals surface area contributed by atoms with Gasteiger partial charge in [-0.2, -0.15) is 11.3 Å². The van der Waals surface area contributed by atoms with Crippen molar-refractivity contribution >= 4 is 49.4 Å². The Morgan fingerprint density at radius 2 is 1.92 bits per heavy atom. The number of halogens is 1. The molecule has 1 aliphatic rings. The van der Waals surface area contributed by atoms with Crippen LogP contribution in [0.1, 0.15) is 11.8 Å². The molecule has 0 N–H and O–H groups in total. The van der Waals surface area contributed by atoms with Gasteiger partial charge in [0.2, 0.25) is 0 Å². The highest BCUT2D eigenvalue weighted by Gasteiger charge is 2.19. The van der Waals surface area contributed by atoms with Gasteiger partial charge in [0.05, 0.1) is 16.3 Å². The summed E-state index contributed by atoms with van der Waals surface area (Å²) >= 11 is 3.18. The van der Waals surface area contributed by atoms with Crippen molar-refractivity contribution in [1.82, 2.24) is 0 Å². The third-order valence-electron chi connectivity index (χ3n) is 4.09. The Morgan fingerprint density at radius 3 is 2.68 bits per heavy atom. The van der Waals surface area contributed by atoms with Gasteiger partial charge in [-0.05, 0) is 35.5 Å². The van der Waals surface area contributed by atoms with E-state index in [4.69, 9.17) is 7.74 Å². The summed E-state index contributed by atoms with van der Waals surface area (Å²) in [5.74, 6) is -0.258. The van der Waals surface area contributed by atoms with Gasteiger partial charge in [-0.3, -0.25) is 9.98 Å². The molecule has 0 saturated heterocycles. The molecule has 4 rings (SSSR count). The van der Waals surface area contributed by atoms with E-state index in [0.717, 1.165) is 31.9 Å². The quantitative estimate of drug-likeness (QED) is 0.623. The summed E-state index contributed by atoms with van der Waals surface area (Å²) in [6, 6.07) is 9.58. The number of rotatable bonds is 5. The summed E-state index contributed by atoms with van der Waals surface area (Å²) in [6.07, 6.45) is 0.974. The number of hydrogen-bond acceptors (Lipinski definition) is 4. The maximum absolute atomic E-state index is 15.0. The predicted octanol–water partition coefficient (Wildman–Crippen LogP) is 2.09. The molecule has 0 amide bonds. The van der Waals surface area contributed by atoms with Gasteiger partial charge in [0.1, 0.15) is 19.7 Å². The van der Waals surface area contributed by atoms with E-state index in [1.54, 1.807) is 24.6 Å². The van der Waals surface area contributed by atoms with Crippen molar-refractivity contribution in [3.05, 3.63) is 51.7 Å². The van der Waals surface area contributed by atoms with E-state index in [2.05, 4.69) is 23.0 Å². The fourth-order valence-corrected chi connectivity index (χ4v) is 4.86. The van der Waals surface area contributed by atoms with Crippen molar-refractivity contribution in [2.75, 3.05) is 6.67 Å². The van der Waals surface area contributed by atoms with Crippen molar-refractivity contribution < 1.29 is 4.39 Å². The molecule has 3 aromatic rings. The van der Waals surface area contributed by atoms with Gasteiger partial charge in [0.25, 0.3) is 0 Å². The van der Waals surface area contributed by atoms with E-state index in [1.807, 2.05) is 18.2 Å². The lowest BCUT2D eigenvalue weighted by atomic mass is 9.28. The van der Waals surface area contributed by atoms with Gasteiger partial charge in [0, 0.05) is 35.0 Å². The van der Waals surface area contributed by atoms with Crippen LogP contribution in [0.5, 0.6) is 0 Å². The largest absolute Gasteiger partial charge is 0.259 e. The van der Waals surface area contributed by atoms with Gasteiger partial charge in [0.15, 0.2) is 0 Å². The second-order valence-corrected chi connectivity index (χ2v) is 7.90. The van der Waals surface area contributed by atoms with Crippen LogP contribution < -0.4 is 15.5 Å². The number of aryl methyl sites for hydroxylation is 1. The Labute approximate surface area is 156 Å². The minimum atomic E-state index is -0.258. The lowest BCUT2D eigenvalue weighted by molar-refractivity contribution is 0.630. The molecule has 1 aliphatic heterocycles. The average Bonchev–Trinajstić information content (AvgIpc) is 3.35. The molecular formula is C17H12B3FN2S2. The van der Waals surface area contributed by atoms with Crippen molar-refractivity contribution in [3.63, 3.8) is 0 Å². The standard InChI is InChI=1S/C17H12B3FN2S2/c1-2-9-3-4-12(24-9)10-7-11(21)15(17-16(10)22-8-23-17)13-5-6-14(25-13)19-20-18/h3-7H,2,8H2,1H3. The summed E-state index contributed by atoms with van der Waals surface area (Å²) < 4.78 is 16.0. The minimum absolute atomic E-state index is 0.258. The molecule has 2 nitrogen and oxygen atoms in total. The smallest absolute Gasteiger partial charge is 0.134 e. The van der Waals surface area contributed by atoms with E-state index in [1.165, 1.54) is 23.3 Å². The highest BCUT2D eigenvalue weighted by Crippen LogP contribution is 2.29. The first-order chi connectivity index (χ1) is 12.2. The summed E-state index contributed by atoms with van der Waals surface area (Å²) in [6.45, 7) is 2.47. The maximum Gasteiger partial charge on any atom is 0.134 e. The summed E-state index contributed by atoms with van der Waals surface area (Å²) in [7, 11) is 8.74. The van der Waals surface area contributed by atoms with Crippen LogP contribution in [-0.2, 0) is 6.42 Å². The zero-order valence-corrected chi connectivity index (χ0v) is 15.3. The van der Waals surface area contributed by atoms with Gasteiger partial charge in [-0.1, -0.05) is 13.0 Å². The third kappa shape index (κ3) is 3.02. The van der Waals surface area contributed by atoms with Gasteiger partial charge >= 0.3 is 0 Å². The van der Waals surface area contributed by atoms with Crippen LogP contribution in [-0.4, -0.2) is 28.6 Å². The van der Waals surface area contributed by atoms with E-state index < -0.39 is 0 Å². The fraction of sp³-hybridized carbons (Fsp3) is 0.176. The summed E-state index contributed by atoms with van der Waals surface area (Å²) in [5.41, 5.74) is 1.37. The maximum atomic E-state index is 15.0. The van der Waals surface area contributed by atoms with Crippen LogP contribution in [0.15, 0.2) is 40.3 Å². The van der Waals surface area contributed by atoms with Gasteiger partial charge < -0.3 is 0 Å². The molecule has 0 spiro atoms. The lowest BCUT2D eigenvalue weighted by Gasteiger charge is -2.05. The molecule has 0 aliphatic carbocycles. The molecule has 0 fully saturated rings. The predicted molar refractivity (Wildman–Crippen MR) is 106 cm³/mol. The van der Waals surface area contributed by atoms with Gasteiger partial charge in [-0.15, -0.1) is 11.3 Å². The van der Waals surface area contributed by atoms with Crippen molar-refractivity contribution in [3.8, 4) is 20.9 Å². The van der Waals surface area contributed by atoms with Crippen LogP contribution in [0.3, 0.4) is 0 Å². The Kier molecular flexibility index (Phi) is 4.65. The Morgan fingerprint density at radius 1 is 1.12 bits per heavy atom. The fourth-order valence-electron chi connectivity index (χ4n) is 2.92. The second-order valence-electron chi connectivity index (χ2n) is 5.62. The number of hydrogen-bond donors (Lipinski definition) is 0. The first-order valence-electron chi connectivity index (χ1n) is 8.00. The van der Waals surface area contributed by atoms with Crippen molar-refractivity contribution in [2.45, 2.75) is 13.3 Å². The number of thiophene rings is 2. The van der Waals surface area contributed by atoms with Crippen LogP contribution in [0.25, 0.3) is 20.9 Å². The molecule has 8 heteroatoms. The van der Waals surface area contributed by atoms with Crippen molar-refractivity contribution in [2.24, 2.45) is 9.98 Å². The SMILES string of the molecule is [B][B][B]c1ccc(-c2c(F)cc(-c3ccc(CC)s3)c3c2=NCN=3)s1. The zero-order valence-electron chi connectivity index (χ0n) is 13.6. The minimum Gasteiger partial charge on any atom is -0.259 e. The number of benzene rings is 1. The highest BCUT2D eigenvalue weighted by atomic mass is 32.1. The molecule has 3 heterocycles. The van der Waals surface area contributed by atoms with Crippen LogP contribution in [0, 0.1) is 5.82 Å². The lowest BCUT2D eigenvalue weighted by Crippen LogP contribution is -2.27. The van der Waals surface area contributed by atoms with E-state index >= 15 is 4.39 Å². The highest BCUT2D eigenvalue weighted by molar-refractivity contribution is 7.37. The van der Waals surface area contributed by atoms with E-state index in [-0.39, 0.29) is 5.82 Å². The normalized spacial score (nSPS) is 12.4. The van der Waals surface area contributed by atoms with Crippen LogP contribution in [0.2, 0.25) is 0 Å². The molecule has 2 aromatic heterocycles. The van der Waals surface area contributed by atoms with E-state index in [0.29, 0.717) is 17.6 Å². The third-order valence-corrected chi connectivity index (χ3v) is 6.42. The molecule has 118 valence electrons. The average molecular weight is 360 g/mol. The summed E-state index contributed by atoms with van der Waals surface area (Å²) in [5, 5.41) is 1.46. The first kappa shape index (κ1) is 16.8. The topological polar surface area (TPSA) is 24.7 Å². The van der Waals surface area contributed by atoms with E-state index in [9.17, 15) is 0 Å².